The molecule has 11 heteroatoms. The van der Waals surface area contributed by atoms with E-state index in [9.17, 15) is 4.79 Å². The minimum Gasteiger partial charge on any atom is -0.496 e. The van der Waals surface area contributed by atoms with Gasteiger partial charge in [-0.3, -0.25) is 0 Å². The number of rotatable bonds is 14. The van der Waals surface area contributed by atoms with Gasteiger partial charge in [0.1, 0.15) is 40.6 Å². The highest BCUT2D eigenvalue weighted by atomic mass is 16.6. The molecule has 56 heavy (non-hydrogen) atoms. The van der Waals surface area contributed by atoms with Crippen molar-refractivity contribution in [1.29, 1.82) is 0 Å². The van der Waals surface area contributed by atoms with E-state index in [1.54, 1.807) is 38.5 Å². The lowest BCUT2D eigenvalue weighted by atomic mass is 9.93. The molecule has 0 unspecified atom stereocenters. The molecule has 0 saturated heterocycles. The monoisotopic (exact) mass is 756 g/mol. The Balaban J connectivity index is 1.38. The first-order valence-corrected chi connectivity index (χ1v) is 17.7. The van der Waals surface area contributed by atoms with Gasteiger partial charge in [-0.1, -0.05) is 54.6 Å². The van der Waals surface area contributed by atoms with Crippen LogP contribution in [0.25, 0.3) is 0 Å². The van der Waals surface area contributed by atoms with Crippen LogP contribution in [0.1, 0.15) is 27.6 Å². The van der Waals surface area contributed by atoms with Gasteiger partial charge in [0.15, 0.2) is 29.1 Å². The van der Waals surface area contributed by atoms with Crippen LogP contribution < -0.4 is 42.6 Å². The summed E-state index contributed by atoms with van der Waals surface area (Å²) in [5.41, 5.74) is 1.44. The molecule has 6 aromatic rings. The molecule has 2 atom stereocenters. The number of carbonyl (C=O) groups excluding carboxylic acids is 1. The Morgan fingerprint density at radius 1 is 0.518 bits per heavy atom. The molecule has 11 nitrogen and oxygen atoms in total. The van der Waals surface area contributed by atoms with Crippen molar-refractivity contribution in [2.24, 2.45) is 0 Å². The van der Waals surface area contributed by atoms with Crippen LogP contribution in [0.15, 0.2) is 127 Å². The van der Waals surface area contributed by atoms with E-state index in [2.05, 4.69) is 0 Å². The summed E-state index contributed by atoms with van der Waals surface area (Å²) < 4.78 is 60.6. The second-order valence-electron chi connectivity index (χ2n) is 12.5. The number of carbonyl (C=O) groups is 1. The van der Waals surface area contributed by atoms with Crippen LogP contribution in [0.4, 0.5) is 0 Å². The van der Waals surface area contributed by atoms with Crippen molar-refractivity contribution in [3.05, 3.63) is 144 Å². The van der Waals surface area contributed by atoms with Gasteiger partial charge in [0.2, 0.25) is 11.5 Å². The van der Waals surface area contributed by atoms with Crippen LogP contribution in [-0.4, -0.2) is 47.6 Å². The number of benzene rings is 6. The number of hydrogen-bond acceptors (Lipinski definition) is 11. The maximum atomic E-state index is 14.1. The number of methoxy groups -OCH3 is 5. The Kier molecular flexibility index (Phi) is 11.3. The smallest absolute Gasteiger partial charge is 0.338 e. The second kappa shape index (κ2) is 17.0. The van der Waals surface area contributed by atoms with Gasteiger partial charge in [0, 0.05) is 29.7 Å². The first-order valence-electron chi connectivity index (χ1n) is 17.7. The zero-order valence-corrected chi connectivity index (χ0v) is 31.5. The molecule has 0 saturated carbocycles. The molecule has 0 amide bonds. The molecule has 0 bridgehead atoms. The Morgan fingerprint density at radius 3 is 1.52 bits per heavy atom. The maximum absolute atomic E-state index is 14.1. The highest BCUT2D eigenvalue weighted by Gasteiger charge is 2.38. The third-order valence-electron chi connectivity index (χ3n) is 9.03. The summed E-state index contributed by atoms with van der Waals surface area (Å²) in [6, 6.07) is 38.2. The first kappa shape index (κ1) is 37.3. The SMILES string of the molecule is COc1cc(OC)c2c(c1)O[C@H](c1cc(Oc3ccccc3)c(Oc3ccccc3)c(Oc3ccccc3)c1)[C@H](OC(=O)c1cc(OC)c(OC)c(OC)c1)C2. The van der Waals surface area contributed by atoms with Crippen LogP contribution in [0.3, 0.4) is 0 Å². The third-order valence-corrected chi connectivity index (χ3v) is 9.03. The van der Waals surface area contributed by atoms with E-state index in [4.69, 9.17) is 47.4 Å². The fourth-order valence-electron chi connectivity index (χ4n) is 6.36. The molecule has 1 aliphatic heterocycles. The lowest BCUT2D eigenvalue weighted by Crippen LogP contribution is -2.35. The van der Waals surface area contributed by atoms with Crippen LogP contribution in [0, 0.1) is 0 Å². The van der Waals surface area contributed by atoms with Crippen molar-refractivity contribution < 1.29 is 52.2 Å². The molecule has 7 rings (SSSR count). The lowest BCUT2D eigenvalue weighted by molar-refractivity contribution is -0.0189. The predicted octanol–water partition coefficient (Wildman–Crippen LogP) is 10.0. The summed E-state index contributed by atoms with van der Waals surface area (Å²) in [5, 5.41) is 0. The number of para-hydroxylation sites is 3. The van der Waals surface area contributed by atoms with E-state index >= 15 is 0 Å². The highest BCUT2D eigenvalue weighted by molar-refractivity contribution is 5.91. The van der Waals surface area contributed by atoms with Gasteiger partial charge in [-0.25, -0.2) is 4.79 Å². The molecule has 0 radical (unpaired) electrons. The Bertz CT molecular complexity index is 2190. The topological polar surface area (TPSA) is 109 Å². The van der Waals surface area contributed by atoms with Gasteiger partial charge in [0.05, 0.1) is 41.1 Å². The van der Waals surface area contributed by atoms with Gasteiger partial charge < -0.3 is 47.4 Å². The van der Waals surface area contributed by atoms with Crippen molar-refractivity contribution in [2.45, 2.75) is 18.6 Å². The minimum absolute atomic E-state index is 0.179. The predicted molar refractivity (Wildman–Crippen MR) is 208 cm³/mol. The van der Waals surface area contributed by atoms with E-state index in [-0.39, 0.29) is 12.0 Å². The molecule has 6 aromatic carbocycles. The Labute approximate surface area is 324 Å². The standard InChI is InChI=1S/C45H40O11/c1-47-33-25-35(48-2)34-27-41(56-45(46)29-23-37(49-3)43(51-5)38(24-29)50-4)42(55-36(34)26-33)28-21-39(52-30-15-9-6-10-16-30)44(54-32-19-13-8-14-20-32)40(22-28)53-31-17-11-7-12-18-31/h6-26,41-42H,27H2,1-5H3/t41-,42-/m1/s1. The molecule has 1 heterocycles. The van der Waals surface area contributed by atoms with Crippen LogP contribution in [0.2, 0.25) is 0 Å². The summed E-state index contributed by atoms with van der Waals surface area (Å²) in [7, 11) is 7.57. The fourth-order valence-corrected chi connectivity index (χ4v) is 6.36. The largest absolute Gasteiger partial charge is 0.496 e. The normalized spacial score (nSPS) is 14.3. The molecule has 0 spiro atoms. The molecule has 0 fully saturated rings. The number of esters is 1. The lowest BCUT2D eigenvalue weighted by Gasteiger charge is -2.35. The van der Waals surface area contributed by atoms with E-state index < -0.39 is 18.2 Å². The minimum atomic E-state index is -0.897. The molecular weight excluding hydrogens is 716 g/mol. The quantitative estimate of drug-likeness (QED) is 0.0991. The van der Waals surface area contributed by atoms with Crippen molar-refractivity contribution in [1.82, 2.24) is 0 Å². The molecule has 286 valence electrons. The van der Waals surface area contributed by atoms with Gasteiger partial charge in [0.25, 0.3) is 0 Å². The summed E-state index contributed by atoms with van der Waals surface area (Å²) >= 11 is 0. The van der Waals surface area contributed by atoms with Gasteiger partial charge >= 0.3 is 5.97 Å². The zero-order chi connectivity index (χ0) is 39.0. The fraction of sp³-hybridized carbons (Fsp3) is 0.178. The number of ether oxygens (including phenoxy) is 10. The van der Waals surface area contributed by atoms with Crippen LogP contribution in [-0.2, 0) is 11.2 Å². The third kappa shape index (κ3) is 8.07. The van der Waals surface area contributed by atoms with Crippen LogP contribution >= 0.6 is 0 Å². The summed E-state index contributed by atoms with van der Waals surface area (Å²) in [5.74, 6) is 4.48. The first-order chi connectivity index (χ1) is 27.4. The van der Waals surface area contributed by atoms with E-state index in [1.165, 1.54) is 33.5 Å². The van der Waals surface area contributed by atoms with E-state index in [0.29, 0.717) is 80.1 Å². The van der Waals surface area contributed by atoms with Crippen molar-refractivity contribution in [2.75, 3.05) is 35.5 Å². The highest BCUT2D eigenvalue weighted by Crippen LogP contribution is 2.50. The van der Waals surface area contributed by atoms with E-state index in [0.717, 1.165) is 0 Å². The molecule has 0 aromatic heterocycles. The second-order valence-corrected chi connectivity index (χ2v) is 12.5. The van der Waals surface area contributed by atoms with Crippen molar-refractivity contribution in [3.63, 3.8) is 0 Å². The summed E-state index contributed by atoms with van der Waals surface area (Å²) in [6.45, 7) is 0. The average molecular weight is 757 g/mol. The maximum Gasteiger partial charge on any atom is 0.338 e. The van der Waals surface area contributed by atoms with Crippen molar-refractivity contribution >= 4 is 5.97 Å². The average Bonchev–Trinajstić information content (AvgIpc) is 3.24. The van der Waals surface area contributed by atoms with E-state index in [1.807, 2.05) is 91.0 Å². The molecule has 0 N–H and O–H groups in total. The Morgan fingerprint density at radius 2 is 1.04 bits per heavy atom. The van der Waals surface area contributed by atoms with Gasteiger partial charge in [-0.2, -0.15) is 0 Å². The summed E-state index contributed by atoms with van der Waals surface area (Å²) in [6.07, 6.45) is -1.58. The zero-order valence-electron chi connectivity index (χ0n) is 31.5. The molecule has 0 aliphatic carbocycles. The summed E-state index contributed by atoms with van der Waals surface area (Å²) in [4.78, 5) is 14.1. The van der Waals surface area contributed by atoms with Gasteiger partial charge in [-0.05, 0) is 60.7 Å². The van der Waals surface area contributed by atoms with Gasteiger partial charge in [-0.15, -0.1) is 0 Å². The number of fused-ring (bicyclic) bond motifs is 1. The number of hydrogen-bond donors (Lipinski definition) is 0. The van der Waals surface area contributed by atoms with Crippen molar-refractivity contribution in [3.8, 4) is 69.0 Å². The van der Waals surface area contributed by atoms with Crippen LogP contribution in [0.5, 0.6) is 69.0 Å². The molecule has 1 aliphatic rings. The molecular formula is C45H40O11. The Hall–Kier alpha value is -7.01.